The number of alkyl halides is 2. The number of aromatic nitrogens is 6. The van der Waals surface area contributed by atoms with Gasteiger partial charge < -0.3 is 15.5 Å². The number of hydrogen-bond acceptors (Lipinski definition) is 10. The standard InChI is InChI=1S/C30H35F2N9O2S/c1-40(2)17-19-3-5-22(6-4-19)37-26-14-28(35-16-24(26)25-13-20(29(31)32)9-11-33-25)38-27-10-12-34-30(39-27)21-15-36-41(18-21)44(42,43)23-7-8-23/h9-16,18-19,22-23,29H,3-8,17H2,1-2H3,(H2,34,35,37,38,39). The summed E-state index contributed by atoms with van der Waals surface area (Å²) >= 11 is 0. The number of anilines is 3. The number of rotatable bonds is 11. The van der Waals surface area contributed by atoms with Crippen molar-refractivity contribution in [3.8, 4) is 22.6 Å². The lowest BCUT2D eigenvalue weighted by atomic mass is 9.85. The van der Waals surface area contributed by atoms with E-state index < -0.39 is 16.4 Å². The Morgan fingerprint density at radius 3 is 2.48 bits per heavy atom. The van der Waals surface area contributed by atoms with Crippen LogP contribution in [0.2, 0.25) is 0 Å². The third-order valence-electron chi connectivity index (χ3n) is 7.98. The molecular weight excluding hydrogens is 588 g/mol. The van der Waals surface area contributed by atoms with Crippen LogP contribution in [0.4, 0.5) is 26.1 Å². The van der Waals surface area contributed by atoms with Crippen LogP contribution in [-0.4, -0.2) is 74.4 Å². The van der Waals surface area contributed by atoms with Gasteiger partial charge in [-0.1, -0.05) is 0 Å². The minimum atomic E-state index is -3.50. The zero-order chi connectivity index (χ0) is 30.8. The van der Waals surface area contributed by atoms with Crippen LogP contribution in [0.5, 0.6) is 0 Å². The van der Waals surface area contributed by atoms with Crippen LogP contribution in [0, 0.1) is 5.92 Å². The summed E-state index contributed by atoms with van der Waals surface area (Å²) in [5.74, 6) is 1.89. The Labute approximate surface area is 255 Å². The van der Waals surface area contributed by atoms with Crippen molar-refractivity contribution in [1.29, 1.82) is 0 Å². The highest BCUT2D eigenvalue weighted by Crippen LogP contribution is 2.35. The topological polar surface area (TPSA) is 131 Å². The second-order valence-electron chi connectivity index (χ2n) is 11.8. The summed E-state index contributed by atoms with van der Waals surface area (Å²) in [6.07, 6.45) is 10.3. The number of nitrogens with zero attached hydrogens (tertiary/aromatic N) is 7. The average Bonchev–Trinajstić information content (AvgIpc) is 3.75. The second kappa shape index (κ2) is 12.5. The molecule has 0 atom stereocenters. The molecule has 2 saturated carbocycles. The minimum absolute atomic E-state index is 0.103. The molecular formula is C30H35F2N9O2S. The van der Waals surface area contributed by atoms with Crippen molar-refractivity contribution in [1.82, 2.24) is 34.0 Å². The van der Waals surface area contributed by atoms with Crippen molar-refractivity contribution in [2.45, 2.75) is 56.2 Å². The molecule has 4 aromatic rings. The number of halogens is 2. The van der Waals surface area contributed by atoms with E-state index in [-0.39, 0.29) is 16.9 Å². The molecule has 0 unspecified atom stereocenters. The summed E-state index contributed by atoms with van der Waals surface area (Å²) in [5, 5.41) is 10.5. The zero-order valence-electron chi connectivity index (χ0n) is 24.6. The van der Waals surface area contributed by atoms with Gasteiger partial charge >= 0.3 is 0 Å². The van der Waals surface area contributed by atoms with Gasteiger partial charge in [0.15, 0.2) is 5.82 Å². The molecule has 232 valence electrons. The lowest BCUT2D eigenvalue weighted by Gasteiger charge is -2.31. The summed E-state index contributed by atoms with van der Waals surface area (Å²) < 4.78 is 53.1. The molecule has 44 heavy (non-hydrogen) atoms. The molecule has 0 spiro atoms. The van der Waals surface area contributed by atoms with Gasteiger partial charge in [-0.3, -0.25) is 4.98 Å². The van der Waals surface area contributed by atoms with Gasteiger partial charge in [0.05, 0.1) is 28.9 Å². The molecule has 4 heterocycles. The van der Waals surface area contributed by atoms with Crippen molar-refractivity contribution in [3.05, 3.63) is 60.8 Å². The van der Waals surface area contributed by atoms with Crippen LogP contribution < -0.4 is 10.6 Å². The van der Waals surface area contributed by atoms with Crippen molar-refractivity contribution in [3.63, 3.8) is 0 Å². The van der Waals surface area contributed by atoms with Gasteiger partial charge in [-0.25, -0.2) is 32.2 Å². The lowest BCUT2D eigenvalue weighted by Crippen LogP contribution is -2.31. The van der Waals surface area contributed by atoms with Gasteiger partial charge in [-0.2, -0.15) is 9.19 Å². The molecule has 2 N–H and O–H groups in total. The lowest BCUT2D eigenvalue weighted by molar-refractivity contribution is 0.151. The van der Waals surface area contributed by atoms with Gasteiger partial charge in [-0.05, 0) is 76.7 Å². The highest BCUT2D eigenvalue weighted by molar-refractivity contribution is 7.90. The first-order chi connectivity index (χ1) is 21.2. The normalized spacial score (nSPS) is 19.0. The van der Waals surface area contributed by atoms with Crippen molar-refractivity contribution < 1.29 is 17.2 Å². The zero-order valence-corrected chi connectivity index (χ0v) is 25.4. The van der Waals surface area contributed by atoms with E-state index in [2.05, 4.69) is 54.7 Å². The van der Waals surface area contributed by atoms with E-state index in [1.54, 1.807) is 18.5 Å². The van der Waals surface area contributed by atoms with Gasteiger partial charge in [0.1, 0.15) is 11.6 Å². The predicted octanol–water partition coefficient (Wildman–Crippen LogP) is 5.35. The van der Waals surface area contributed by atoms with E-state index in [1.807, 2.05) is 6.07 Å². The third kappa shape index (κ3) is 6.86. The molecule has 11 nitrogen and oxygen atoms in total. The molecule has 0 bridgehead atoms. The summed E-state index contributed by atoms with van der Waals surface area (Å²) in [6.45, 7) is 1.06. The van der Waals surface area contributed by atoms with Crippen molar-refractivity contribution in [2.24, 2.45) is 5.92 Å². The molecule has 2 fully saturated rings. The second-order valence-corrected chi connectivity index (χ2v) is 13.8. The first-order valence-electron chi connectivity index (χ1n) is 14.7. The van der Waals surface area contributed by atoms with Crippen molar-refractivity contribution in [2.75, 3.05) is 31.3 Å². The van der Waals surface area contributed by atoms with E-state index in [0.717, 1.165) is 42.0 Å². The summed E-state index contributed by atoms with van der Waals surface area (Å²) in [5.41, 5.74) is 2.14. The van der Waals surface area contributed by atoms with Crippen LogP contribution in [0.3, 0.4) is 0 Å². The fourth-order valence-corrected chi connectivity index (χ4v) is 7.06. The molecule has 0 aromatic carbocycles. The fraction of sp³-hybridized carbons (Fsp3) is 0.433. The summed E-state index contributed by atoms with van der Waals surface area (Å²) in [6, 6.07) is 6.44. The Morgan fingerprint density at radius 2 is 1.75 bits per heavy atom. The Kier molecular flexibility index (Phi) is 8.54. The Morgan fingerprint density at radius 1 is 0.977 bits per heavy atom. The van der Waals surface area contributed by atoms with E-state index >= 15 is 0 Å². The van der Waals surface area contributed by atoms with Crippen LogP contribution in [0.1, 0.15) is 50.5 Å². The number of hydrogen-bond donors (Lipinski definition) is 2. The fourth-order valence-electron chi connectivity index (χ4n) is 5.58. The maximum absolute atomic E-state index is 13.5. The van der Waals surface area contributed by atoms with Gasteiger partial charge in [-0.15, -0.1) is 0 Å². The molecule has 0 radical (unpaired) electrons. The molecule has 6 rings (SSSR count). The molecule has 4 aromatic heterocycles. The molecule has 14 heteroatoms. The first kappa shape index (κ1) is 30.0. The molecule has 0 saturated heterocycles. The van der Waals surface area contributed by atoms with Crippen molar-refractivity contribution >= 4 is 27.3 Å². The van der Waals surface area contributed by atoms with Gasteiger partial charge in [0.2, 0.25) is 0 Å². The molecule has 2 aliphatic rings. The van der Waals surface area contributed by atoms with Crippen LogP contribution in [-0.2, 0) is 10.0 Å². The van der Waals surface area contributed by atoms with Crippen LogP contribution in [0.15, 0.2) is 55.2 Å². The highest BCUT2D eigenvalue weighted by atomic mass is 32.2. The summed E-state index contributed by atoms with van der Waals surface area (Å²) in [7, 11) is 0.683. The first-order valence-corrected chi connectivity index (χ1v) is 16.2. The number of pyridine rings is 2. The third-order valence-corrected chi connectivity index (χ3v) is 10.0. The maximum Gasteiger partial charge on any atom is 0.263 e. The van der Waals surface area contributed by atoms with Crippen LogP contribution in [0.25, 0.3) is 22.6 Å². The smallest absolute Gasteiger partial charge is 0.263 e. The van der Waals surface area contributed by atoms with E-state index in [9.17, 15) is 17.2 Å². The minimum Gasteiger partial charge on any atom is -0.382 e. The molecule has 0 aliphatic heterocycles. The summed E-state index contributed by atoms with van der Waals surface area (Å²) in [4.78, 5) is 20.0. The Bertz CT molecular complexity index is 1720. The van der Waals surface area contributed by atoms with Gasteiger partial charge in [0, 0.05) is 54.1 Å². The SMILES string of the molecule is CN(C)CC1CCC(Nc2cc(Nc3ccnc(-c4cnn(S(=O)(=O)C5CC5)c4)n3)ncc2-c2cc(C(F)F)ccn2)CC1. The predicted molar refractivity (Wildman–Crippen MR) is 164 cm³/mol. The highest BCUT2D eigenvalue weighted by Gasteiger charge is 2.37. The largest absolute Gasteiger partial charge is 0.382 e. The van der Waals surface area contributed by atoms with E-state index in [4.69, 9.17) is 0 Å². The van der Waals surface area contributed by atoms with Crippen LogP contribution >= 0.6 is 0 Å². The number of nitrogens with one attached hydrogen (secondary N) is 2. The van der Waals surface area contributed by atoms with Gasteiger partial charge in [0.25, 0.3) is 16.4 Å². The average molecular weight is 624 g/mol. The monoisotopic (exact) mass is 623 g/mol. The Hall–Kier alpha value is -4.04. The quantitative estimate of drug-likeness (QED) is 0.225. The van der Waals surface area contributed by atoms with E-state index in [0.29, 0.717) is 53.0 Å². The molecule has 0 amide bonds. The molecule has 2 aliphatic carbocycles. The van der Waals surface area contributed by atoms with E-state index in [1.165, 1.54) is 30.7 Å². The maximum atomic E-state index is 13.5. The Balaban J connectivity index is 1.25.